The zero-order valence-corrected chi connectivity index (χ0v) is 13.1. The lowest BCUT2D eigenvalue weighted by Gasteiger charge is -2.16. The molecule has 0 radical (unpaired) electrons. The van der Waals surface area contributed by atoms with E-state index < -0.39 is 0 Å². The van der Waals surface area contributed by atoms with Gasteiger partial charge in [0.25, 0.3) is 5.91 Å². The van der Waals surface area contributed by atoms with Gasteiger partial charge in [-0.05, 0) is 49.2 Å². The van der Waals surface area contributed by atoms with Crippen LogP contribution in [-0.2, 0) is 0 Å². The number of halogens is 1. The van der Waals surface area contributed by atoms with Gasteiger partial charge in [-0.1, -0.05) is 34.1 Å². The Hall–Kier alpha value is -1.81. The van der Waals surface area contributed by atoms with Crippen molar-refractivity contribution in [2.75, 3.05) is 5.73 Å². The van der Waals surface area contributed by atoms with Gasteiger partial charge in [0.1, 0.15) is 0 Å². The van der Waals surface area contributed by atoms with Crippen LogP contribution >= 0.6 is 15.9 Å². The van der Waals surface area contributed by atoms with E-state index in [4.69, 9.17) is 5.73 Å². The van der Waals surface area contributed by atoms with Crippen molar-refractivity contribution < 1.29 is 4.79 Å². The Morgan fingerprint density at radius 2 is 1.95 bits per heavy atom. The third-order valence-corrected chi connectivity index (χ3v) is 4.13. The number of carbonyl (C=O) groups excluding carboxylic acids is 1. The molecule has 3 N–H and O–H groups in total. The zero-order chi connectivity index (χ0) is 14.7. The Morgan fingerprint density at radius 3 is 2.65 bits per heavy atom. The van der Waals surface area contributed by atoms with Gasteiger partial charge in [0.15, 0.2) is 0 Å². The van der Waals surface area contributed by atoms with Gasteiger partial charge in [-0.3, -0.25) is 4.79 Å². The summed E-state index contributed by atoms with van der Waals surface area (Å²) in [6, 6.07) is 13.1. The van der Waals surface area contributed by atoms with Crippen LogP contribution in [0.4, 0.5) is 5.69 Å². The molecule has 0 aliphatic rings. The van der Waals surface area contributed by atoms with Crippen LogP contribution < -0.4 is 11.1 Å². The quantitative estimate of drug-likeness (QED) is 0.839. The van der Waals surface area contributed by atoms with Crippen molar-refractivity contribution in [1.82, 2.24) is 5.32 Å². The number of carbonyl (C=O) groups is 1. The molecule has 4 heteroatoms. The lowest BCUT2D eigenvalue weighted by molar-refractivity contribution is 0.0939. The van der Waals surface area contributed by atoms with Crippen molar-refractivity contribution in [2.45, 2.75) is 19.9 Å². The minimum absolute atomic E-state index is 0.0845. The van der Waals surface area contributed by atoms with Crippen molar-refractivity contribution in [1.29, 1.82) is 0 Å². The number of amides is 1. The van der Waals surface area contributed by atoms with E-state index in [-0.39, 0.29) is 11.9 Å². The molecule has 20 heavy (non-hydrogen) atoms. The fourth-order valence-electron chi connectivity index (χ4n) is 2.04. The lowest BCUT2D eigenvalue weighted by atomic mass is 10.1. The Kier molecular flexibility index (Phi) is 4.45. The number of hydrogen-bond acceptors (Lipinski definition) is 2. The zero-order valence-electron chi connectivity index (χ0n) is 11.5. The fourth-order valence-corrected chi connectivity index (χ4v) is 2.41. The highest BCUT2D eigenvalue weighted by atomic mass is 79.9. The summed E-state index contributed by atoms with van der Waals surface area (Å²) >= 11 is 3.44. The van der Waals surface area contributed by atoms with Crippen LogP contribution in [0.2, 0.25) is 0 Å². The number of nitrogens with one attached hydrogen (secondary N) is 1. The van der Waals surface area contributed by atoms with Gasteiger partial charge in [0, 0.05) is 15.7 Å². The number of nitrogens with two attached hydrogens (primary N) is 1. The highest BCUT2D eigenvalue weighted by molar-refractivity contribution is 9.10. The molecule has 0 fully saturated rings. The summed E-state index contributed by atoms with van der Waals surface area (Å²) in [5.41, 5.74) is 9.06. The Morgan fingerprint density at radius 1 is 1.25 bits per heavy atom. The average molecular weight is 333 g/mol. The Labute approximate surface area is 127 Å². The lowest BCUT2D eigenvalue weighted by Crippen LogP contribution is -2.27. The van der Waals surface area contributed by atoms with Crippen molar-refractivity contribution >= 4 is 27.5 Å². The molecular formula is C16H17BrN2O. The average Bonchev–Trinajstić information content (AvgIpc) is 2.41. The molecule has 1 atom stereocenters. The van der Waals surface area contributed by atoms with Crippen LogP contribution in [0.3, 0.4) is 0 Å². The van der Waals surface area contributed by atoms with Crippen molar-refractivity contribution in [3.8, 4) is 0 Å². The molecule has 104 valence electrons. The van der Waals surface area contributed by atoms with Gasteiger partial charge in [-0.25, -0.2) is 0 Å². The van der Waals surface area contributed by atoms with Crippen LogP contribution in [0.15, 0.2) is 46.9 Å². The molecule has 0 aliphatic carbocycles. The minimum Gasteiger partial charge on any atom is -0.399 e. The van der Waals surface area contributed by atoms with Gasteiger partial charge in [-0.15, -0.1) is 0 Å². The molecule has 0 spiro atoms. The molecule has 2 aromatic carbocycles. The normalized spacial score (nSPS) is 11.9. The van der Waals surface area contributed by atoms with Crippen LogP contribution in [-0.4, -0.2) is 5.91 Å². The van der Waals surface area contributed by atoms with Crippen LogP contribution in [0.1, 0.15) is 34.5 Å². The maximum Gasteiger partial charge on any atom is 0.252 e. The number of anilines is 1. The molecule has 1 unspecified atom stereocenters. The maximum atomic E-state index is 12.3. The van der Waals surface area contributed by atoms with E-state index >= 15 is 0 Å². The molecule has 0 saturated carbocycles. The monoisotopic (exact) mass is 332 g/mol. The molecule has 0 bridgehead atoms. The molecular weight excluding hydrogens is 316 g/mol. The van der Waals surface area contributed by atoms with Crippen LogP contribution in [0.25, 0.3) is 0 Å². The molecule has 0 aliphatic heterocycles. The van der Waals surface area contributed by atoms with Crippen molar-refractivity contribution in [3.05, 3.63) is 63.6 Å². The second-order valence-corrected chi connectivity index (χ2v) is 5.63. The number of benzene rings is 2. The minimum atomic E-state index is -0.0932. The number of nitrogen functional groups attached to an aromatic ring is 1. The first-order valence-electron chi connectivity index (χ1n) is 6.40. The third-order valence-electron chi connectivity index (χ3n) is 3.27. The van der Waals surface area contributed by atoms with Gasteiger partial charge in [0.2, 0.25) is 0 Å². The standard InChI is InChI=1S/C16H17BrN2O/c1-10-14(7-4-8-15(10)17)16(20)19-11(2)12-5-3-6-13(18)9-12/h3-9,11H,18H2,1-2H3,(H,19,20). The molecule has 0 heterocycles. The summed E-state index contributed by atoms with van der Waals surface area (Å²) in [4.78, 5) is 12.3. The SMILES string of the molecule is Cc1c(Br)cccc1C(=O)NC(C)c1cccc(N)c1. The van der Waals surface area contributed by atoms with E-state index in [2.05, 4.69) is 21.2 Å². The third kappa shape index (κ3) is 3.20. The Bertz CT molecular complexity index is 640. The highest BCUT2D eigenvalue weighted by Gasteiger charge is 2.14. The van der Waals surface area contributed by atoms with E-state index in [1.54, 1.807) is 0 Å². The Balaban J connectivity index is 2.17. The molecule has 3 nitrogen and oxygen atoms in total. The summed E-state index contributed by atoms with van der Waals surface area (Å²) in [6.45, 7) is 3.87. The summed E-state index contributed by atoms with van der Waals surface area (Å²) in [6.07, 6.45) is 0. The summed E-state index contributed by atoms with van der Waals surface area (Å²) in [5.74, 6) is -0.0845. The molecule has 0 aromatic heterocycles. The number of hydrogen-bond donors (Lipinski definition) is 2. The van der Waals surface area contributed by atoms with E-state index in [1.165, 1.54) is 0 Å². The first-order valence-corrected chi connectivity index (χ1v) is 7.19. The molecule has 2 aromatic rings. The topological polar surface area (TPSA) is 55.1 Å². The predicted octanol–water partition coefficient (Wildman–Crippen LogP) is 3.83. The molecule has 0 saturated heterocycles. The second kappa shape index (κ2) is 6.09. The molecule has 1 amide bonds. The van der Waals surface area contributed by atoms with Crippen LogP contribution in [0.5, 0.6) is 0 Å². The van der Waals surface area contributed by atoms with Crippen LogP contribution in [0, 0.1) is 6.92 Å². The van der Waals surface area contributed by atoms with Gasteiger partial charge < -0.3 is 11.1 Å². The van der Waals surface area contributed by atoms with E-state index in [9.17, 15) is 4.79 Å². The van der Waals surface area contributed by atoms with E-state index in [1.807, 2.05) is 56.3 Å². The maximum absolute atomic E-state index is 12.3. The van der Waals surface area contributed by atoms with E-state index in [0.717, 1.165) is 15.6 Å². The van der Waals surface area contributed by atoms with Gasteiger partial charge >= 0.3 is 0 Å². The predicted molar refractivity (Wildman–Crippen MR) is 85.6 cm³/mol. The first-order chi connectivity index (χ1) is 9.49. The highest BCUT2D eigenvalue weighted by Crippen LogP contribution is 2.21. The smallest absolute Gasteiger partial charge is 0.252 e. The van der Waals surface area contributed by atoms with Gasteiger partial charge in [0.05, 0.1) is 6.04 Å². The first kappa shape index (κ1) is 14.6. The largest absolute Gasteiger partial charge is 0.399 e. The van der Waals surface area contributed by atoms with Crippen molar-refractivity contribution in [2.24, 2.45) is 0 Å². The van der Waals surface area contributed by atoms with E-state index in [0.29, 0.717) is 11.3 Å². The fraction of sp³-hybridized carbons (Fsp3) is 0.188. The second-order valence-electron chi connectivity index (χ2n) is 4.78. The summed E-state index contributed by atoms with van der Waals surface area (Å²) in [5, 5.41) is 2.99. The number of rotatable bonds is 3. The summed E-state index contributed by atoms with van der Waals surface area (Å²) in [7, 11) is 0. The molecule has 2 rings (SSSR count). The van der Waals surface area contributed by atoms with Crippen molar-refractivity contribution in [3.63, 3.8) is 0 Å². The summed E-state index contributed by atoms with van der Waals surface area (Å²) < 4.78 is 0.932. The van der Waals surface area contributed by atoms with Gasteiger partial charge in [-0.2, -0.15) is 0 Å².